The molecular formula is C15H22N2O. The predicted octanol–water partition coefficient (Wildman–Crippen LogP) is 1.89. The number of hydrogen-bond donors (Lipinski definition) is 0. The van der Waals surface area contributed by atoms with Crippen LogP contribution in [0.15, 0.2) is 30.3 Å². The third-order valence-electron chi connectivity index (χ3n) is 3.82. The first-order chi connectivity index (χ1) is 8.59. The molecule has 1 heterocycles. The number of piperazine rings is 1. The van der Waals surface area contributed by atoms with Gasteiger partial charge in [-0.15, -0.1) is 0 Å². The van der Waals surface area contributed by atoms with Crippen LogP contribution in [0, 0.1) is 0 Å². The molecule has 1 saturated heterocycles. The molecule has 2 unspecified atom stereocenters. The van der Waals surface area contributed by atoms with E-state index in [1.54, 1.807) is 0 Å². The summed E-state index contributed by atoms with van der Waals surface area (Å²) in [4.78, 5) is 17.1. The molecule has 1 aliphatic heterocycles. The molecule has 1 fully saturated rings. The quantitative estimate of drug-likeness (QED) is 0.761. The van der Waals surface area contributed by atoms with Crippen molar-refractivity contribution in [1.82, 2.24) is 9.80 Å². The van der Waals surface area contributed by atoms with E-state index < -0.39 is 0 Å². The molecule has 0 bridgehead atoms. The van der Waals surface area contributed by atoms with Crippen LogP contribution in [0.4, 0.5) is 0 Å². The summed E-state index contributed by atoms with van der Waals surface area (Å²) in [6.45, 7) is 7.27. The van der Waals surface area contributed by atoms with Crippen LogP contribution >= 0.6 is 0 Å². The maximum atomic E-state index is 12.4. The van der Waals surface area contributed by atoms with Crippen molar-refractivity contribution in [1.29, 1.82) is 0 Å². The van der Waals surface area contributed by atoms with Crippen LogP contribution in [0.3, 0.4) is 0 Å². The second-order valence-electron chi connectivity index (χ2n) is 5.26. The highest BCUT2D eigenvalue weighted by molar-refractivity contribution is 5.99. The van der Waals surface area contributed by atoms with Gasteiger partial charge in [0.25, 0.3) is 0 Å². The van der Waals surface area contributed by atoms with Crippen molar-refractivity contribution in [3.05, 3.63) is 35.9 Å². The normalized spacial score (nSPS) is 23.8. The monoisotopic (exact) mass is 246 g/mol. The summed E-state index contributed by atoms with van der Waals surface area (Å²) >= 11 is 0. The van der Waals surface area contributed by atoms with Gasteiger partial charge in [-0.05, 0) is 20.9 Å². The van der Waals surface area contributed by atoms with E-state index in [0.29, 0.717) is 6.04 Å². The number of carbonyl (C=O) groups is 1. The summed E-state index contributed by atoms with van der Waals surface area (Å²) in [7, 11) is 2.14. The minimum Gasteiger partial charge on any atom is -0.304 e. The number of benzene rings is 1. The fourth-order valence-electron chi connectivity index (χ4n) is 2.72. The second-order valence-corrected chi connectivity index (χ2v) is 5.26. The first-order valence-electron chi connectivity index (χ1n) is 6.63. The van der Waals surface area contributed by atoms with Gasteiger partial charge in [-0.1, -0.05) is 30.3 Å². The maximum Gasteiger partial charge on any atom is 0.179 e. The Morgan fingerprint density at radius 3 is 2.56 bits per heavy atom. The van der Waals surface area contributed by atoms with Gasteiger partial charge in [-0.25, -0.2) is 0 Å². The molecule has 18 heavy (non-hydrogen) atoms. The third-order valence-corrected chi connectivity index (χ3v) is 3.82. The number of likely N-dealkylation sites (N-methyl/N-ethyl adjacent to an activating group) is 1. The fourth-order valence-corrected chi connectivity index (χ4v) is 2.72. The first-order valence-corrected chi connectivity index (χ1v) is 6.63. The van der Waals surface area contributed by atoms with Crippen LogP contribution in [0.1, 0.15) is 24.2 Å². The number of ketones is 1. The lowest BCUT2D eigenvalue weighted by atomic mass is 10.0. The zero-order valence-corrected chi connectivity index (χ0v) is 11.5. The Hall–Kier alpha value is -1.19. The van der Waals surface area contributed by atoms with E-state index in [9.17, 15) is 4.79 Å². The topological polar surface area (TPSA) is 23.6 Å². The average Bonchev–Trinajstić information content (AvgIpc) is 2.38. The van der Waals surface area contributed by atoms with Gasteiger partial charge in [0, 0.05) is 31.2 Å². The van der Waals surface area contributed by atoms with Crippen molar-refractivity contribution in [3.8, 4) is 0 Å². The highest BCUT2D eigenvalue weighted by Gasteiger charge is 2.29. The summed E-state index contributed by atoms with van der Waals surface area (Å²) in [6.07, 6.45) is 0. The Morgan fingerprint density at radius 2 is 1.94 bits per heavy atom. The van der Waals surface area contributed by atoms with Gasteiger partial charge in [0.2, 0.25) is 0 Å². The van der Waals surface area contributed by atoms with Gasteiger partial charge in [0.05, 0.1) is 6.04 Å². The van der Waals surface area contributed by atoms with Crippen molar-refractivity contribution in [2.45, 2.75) is 25.9 Å². The largest absolute Gasteiger partial charge is 0.304 e. The van der Waals surface area contributed by atoms with Gasteiger partial charge in [-0.2, -0.15) is 0 Å². The average molecular weight is 246 g/mol. The van der Waals surface area contributed by atoms with E-state index in [-0.39, 0.29) is 11.8 Å². The smallest absolute Gasteiger partial charge is 0.179 e. The molecular weight excluding hydrogens is 224 g/mol. The molecule has 0 saturated carbocycles. The lowest BCUT2D eigenvalue weighted by molar-refractivity contribution is 0.0536. The molecule has 0 N–H and O–H groups in total. The molecule has 98 valence electrons. The van der Waals surface area contributed by atoms with Crippen molar-refractivity contribution in [3.63, 3.8) is 0 Å². The molecule has 1 aromatic carbocycles. The maximum absolute atomic E-state index is 12.4. The van der Waals surface area contributed by atoms with Gasteiger partial charge < -0.3 is 4.90 Å². The summed E-state index contributed by atoms with van der Waals surface area (Å²) < 4.78 is 0. The number of hydrogen-bond acceptors (Lipinski definition) is 3. The van der Waals surface area contributed by atoms with Crippen LogP contribution in [-0.4, -0.2) is 54.3 Å². The van der Waals surface area contributed by atoms with E-state index in [2.05, 4.69) is 23.8 Å². The SMILES string of the molecule is CC1CN(C)CCN1C(C)C(=O)c1ccccc1. The minimum absolute atomic E-state index is 0.0314. The van der Waals surface area contributed by atoms with Gasteiger partial charge in [0.15, 0.2) is 5.78 Å². The van der Waals surface area contributed by atoms with Crippen molar-refractivity contribution >= 4 is 5.78 Å². The summed E-state index contributed by atoms with van der Waals surface area (Å²) in [5.41, 5.74) is 0.816. The number of nitrogens with zero attached hydrogens (tertiary/aromatic N) is 2. The van der Waals surface area contributed by atoms with Crippen LogP contribution in [0.25, 0.3) is 0 Å². The molecule has 1 aromatic rings. The second kappa shape index (κ2) is 5.63. The zero-order chi connectivity index (χ0) is 13.1. The Balaban J connectivity index is 2.07. The Kier molecular flexibility index (Phi) is 4.15. The van der Waals surface area contributed by atoms with E-state index >= 15 is 0 Å². The van der Waals surface area contributed by atoms with Crippen molar-refractivity contribution in [2.75, 3.05) is 26.7 Å². The fraction of sp³-hybridized carbons (Fsp3) is 0.533. The van der Waals surface area contributed by atoms with Crippen LogP contribution in [-0.2, 0) is 0 Å². The van der Waals surface area contributed by atoms with E-state index in [1.165, 1.54) is 0 Å². The molecule has 2 rings (SSSR count). The Morgan fingerprint density at radius 1 is 1.28 bits per heavy atom. The predicted molar refractivity (Wildman–Crippen MR) is 73.9 cm³/mol. The summed E-state index contributed by atoms with van der Waals surface area (Å²) in [5, 5.41) is 0. The molecule has 0 amide bonds. The van der Waals surface area contributed by atoms with Crippen LogP contribution in [0.2, 0.25) is 0 Å². The number of carbonyl (C=O) groups excluding carboxylic acids is 1. The standard InChI is InChI=1S/C15H22N2O/c1-12-11-16(3)9-10-17(12)13(2)15(18)14-7-5-4-6-8-14/h4-8,12-13H,9-11H2,1-3H3. The molecule has 1 aliphatic rings. The first kappa shape index (κ1) is 13.2. The van der Waals surface area contributed by atoms with E-state index in [4.69, 9.17) is 0 Å². The molecule has 0 aliphatic carbocycles. The molecule has 0 aromatic heterocycles. The zero-order valence-electron chi connectivity index (χ0n) is 11.5. The van der Waals surface area contributed by atoms with E-state index in [0.717, 1.165) is 25.2 Å². The summed E-state index contributed by atoms with van der Waals surface area (Å²) in [5.74, 6) is 0.229. The molecule has 0 spiro atoms. The third kappa shape index (κ3) is 2.79. The molecule has 2 atom stereocenters. The number of Topliss-reactive ketones (excluding diaryl/α,β-unsaturated/α-hetero) is 1. The van der Waals surface area contributed by atoms with Gasteiger partial charge in [0.1, 0.15) is 0 Å². The Labute approximate surface area is 109 Å². The minimum atomic E-state index is -0.0314. The van der Waals surface area contributed by atoms with Crippen LogP contribution < -0.4 is 0 Å². The summed E-state index contributed by atoms with van der Waals surface area (Å²) in [6, 6.07) is 10.0. The Bertz CT molecular complexity index is 404. The van der Waals surface area contributed by atoms with Crippen LogP contribution in [0.5, 0.6) is 0 Å². The molecule has 3 nitrogen and oxygen atoms in total. The molecule has 0 radical (unpaired) electrons. The van der Waals surface area contributed by atoms with Gasteiger partial charge >= 0.3 is 0 Å². The van der Waals surface area contributed by atoms with Crippen molar-refractivity contribution < 1.29 is 4.79 Å². The number of rotatable bonds is 3. The lowest BCUT2D eigenvalue weighted by Gasteiger charge is -2.41. The highest BCUT2D eigenvalue weighted by atomic mass is 16.1. The lowest BCUT2D eigenvalue weighted by Crippen LogP contribution is -2.55. The highest BCUT2D eigenvalue weighted by Crippen LogP contribution is 2.15. The van der Waals surface area contributed by atoms with E-state index in [1.807, 2.05) is 37.3 Å². The van der Waals surface area contributed by atoms with Gasteiger partial charge in [-0.3, -0.25) is 9.69 Å². The molecule has 3 heteroatoms. The van der Waals surface area contributed by atoms with Crippen molar-refractivity contribution in [2.24, 2.45) is 0 Å².